The van der Waals surface area contributed by atoms with Crippen molar-refractivity contribution in [3.05, 3.63) is 34.3 Å². The van der Waals surface area contributed by atoms with E-state index in [9.17, 15) is 0 Å². The smallest absolute Gasteiger partial charge is 0.0597 e. The van der Waals surface area contributed by atoms with Crippen molar-refractivity contribution in [3.63, 3.8) is 0 Å². The van der Waals surface area contributed by atoms with Gasteiger partial charge in [0.15, 0.2) is 0 Å². The molecule has 1 saturated heterocycles. The minimum atomic E-state index is 0.161. The van der Waals surface area contributed by atoms with Gasteiger partial charge in [-0.3, -0.25) is 0 Å². The Bertz CT molecular complexity index is 409. The highest BCUT2D eigenvalue weighted by Gasteiger charge is 2.40. The molecule has 0 aromatic heterocycles. The van der Waals surface area contributed by atoms with Gasteiger partial charge >= 0.3 is 0 Å². The summed E-state index contributed by atoms with van der Waals surface area (Å²) in [6.07, 6.45) is 1.49. The van der Waals surface area contributed by atoms with Crippen molar-refractivity contribution in [1.82, 2.24) is 0 Å². The van der Waals surface area contributed by atoms with Crippen LogP contribution in [0, 0.1) is 11.8 Å². The second kappa shape index (κ2) is 5.72. The summed E-state index contributed by atoms with van der Waals surface area (Å²) in [4.78, 5) is 0. The highest BCUT2D eigenvalue weighted by Crippen LogP contribution is 2.34. The van der Waals surface area contributed by atoms with E-state index in [1.54, 1.807) is 0 Å². The second-order valence-corrected chi connectivity index (χ2v) is 6.40. The summed E-state index contributed by atoms with van der Waals surface area (Å²) in [6.45, 7) is 6.54. The van der Waals surface area contributed by atoms with Crippen LogP contribution in [0.3, 0.4) is 0 Å². The normalized spacial score (nSPS) is 33.6. The molecule has 5 unspecified atom stereocenters. The minimum Gasteiger partial charge on any atom is -0.375 e. The molecule has 1 fully saturated rings. The van der Waals surface area contributed by atoms with Crippen molar-refractivity contribution in [1.29, 1.82) is 0 Å². The Morgan fingerprint density at radius 2 is 2.00 bits per heavy atom. The summed E-state index contributed by atoms with van der Waals surface area (Å²) in [5.74, 6) is 0.973. The van der Waals surface area contributed by atoms with Gasteiger partial charge in [-0.1, -0.05) is 35.0 Å². The maximum Gasteiger partial charge on any atom is 0.0597 e. The first kappa shape index (κ1) is 14.0. The van der Waals surface area contributed by atoms with E-state index in [-0.39, 0.29) is 12.1 Å². The zero-order valence-electron chi connectivity index (χ0n) is 11.3. The van der Waals surface area contributed by atoms with Crippen LogP contribution in [-0.2, 0) is 11.2 Å². The first-order valence-electron chi connectivity index (χ1n) is 6.64. The average molecular weight is 312 g/mol. The first-order chi connectivity index (χ1) is 8.49. The molecular formula is C15H22BrNO. The van der Waals surface area contributed by atoms with Crippen molar-refractivity contribution in [2.75, 3.05) is 0 Å². The van der Waals surface area contributed by atoms with Crippen LogP contribution in [0.25, 0.3) is 0 Å². The van der Waals surface area contributed by atoms with Gasteiger partial charge in [0.25, 0.3) is 0 Å². The van der Waals surface area contributed by atoms with Crippen LogP contribution in [0.15, 0.2) is 28.7 Å². The Morgan fingerprint density at radius 3 is 2.56 bits per heavy atom. The van der Waals surface area contributed by atoms with E-state index in [1.165, 1.54) is 5.56 Å². The standard InChI is InChI=1S/C15H22BrNO/c1-9-10(2)18-11(3)15(9)14(17)8-12-5-4-6-13(16)7-12/h4-7,9-11,14-15H,8,17H2,1-3H3. The zero-order chi connectivity index (χ0) is 13.3. The molecule has 0 radical (unpaired) electrons. The molecule has 3 heteroatoms. The van der Waals surface area contributed by atoms with Crippen molar-refractivity contribution in [2.24, 2.45) is 17.6 Å². The van der Waals surface area contributed by atoms with Gasteiger partial charge in [-0.15, -0.1) is 0 Å². The van der Waals surface area contributed by atoms with E-state index >= 15 is 0 Å². The number of rotatable bonds is 3. The van der Waals surface area contributed by atoms with Gasteiger partial charge in [-0.05, 0) is 43.9 Å². The van der Waals surface area contributed by atoms with Gasteiger partial charge in [0.1, 0.15) is 0 Å². The maximum absolute atomic E-state index is 6.41. The monoisotopic (exact) mass is 311 g/mol. The molecule has 1 aromatic rings. The fourth-order valence-electron chi connectivity index (χ4n) is 3.10. The van der Waals surface area contributed by atoms with Crippen LogP contribution in [0.5, 0.6) is 0 Å². The number of nitrogens with two attached hydrogens (primary N) is 1. The van der Waals surface area contributed by atoms with Crippen LogP contribution < -0.4 is 5.73 Å². The quantitative estimate of drug-likeness (QED) is 0.928. The highest BCUT2D eigenvalue weighted by atomic mass is 79.9. The summed E-state index contributed by atoms with van der Waals surface area (Å²) in [7, 11) is 0. The molecule has 2 nitrogen and oxygen atoms in total. The van der Waals surface area contributed by atoms with Crippen molar-refractivity contribution >= 4 is 15.9 Å². The Hall–Kier alpha value is -0.380. The van der Waals surface area contributed by atoms with E-state index < -0.39 is 0 Å². The molecule has 100 valence electrons. The van der Waals surface area contributed by atoms with Crippen LogP contribution in [-0.4, -0.2) is 18.2 Å². The average Bonchev–Trinajstić information content (AvgIpc) is 2.53. The van der Waals surface area contributed by atoms with Crippen LogP contribution >= 0.6 is 15.9 Å². The van der Waals surface area contributed by atoms with Crippen LogP contribution in [0.4, 0.5) is 0 Å². The lowest BCUT2D eigenvalue weighted by Gasteiger charge is -2.25. The molecule has 2 rings (SSSR count). The lowest BCUT2D eigenvalue weighted by molar-refractivity contribution is 0.0490. The molecule has 0 amide bonds. The first-order valence-corrected chi connectivity index (χ1v) is 7.44. The lowest BCUT2D eigenvalue weighted by atomic mass is 9.81. The van der Waals surface area contributed by atoms with Gasteiger partial charge in [0.2, 0.25) is 0 Å². The summed E-state index contributed by atoms with van der Waals surface area (Å²) in [6, 6.07) is 8.55. The Morgan fingerprint density at radius 1 is 1.28 bits per heavy atom. The minimum absolute atomic E-state index is 0.161. The molecule has 1 heterocycles. The van der Waals surface area contributed by atoms with Gasteiger partial charge in [0, 0.05) is 16.4 Å². The predicted molar refractivity (Wildman–Crippen MR) is 78.5 cm³/mol. The highest BCUT2D eigenvalue weighted by molar-refractivity contribution is 9.10. The third-order valence-electron chi connectivity index (χ3n) is 4.17. The molecular weight excluding hydrogens is 290 g/mol. The Balaban J connectivity index is 2.06. The molecule has 5 atom stereocenters. The summed E-state index contributed by atoms with van der Waals surface area (Å²) in [5.41, 5.74) is 7.70. The molecule has 0 bridgehead atoms. The maximum atomic E-state index is 6.41. The van der Waals surface area contributed by atoms with E-state index in [1.807, 2.05) is 6.07 Å². The molecule has 1 aromatic carbocycles. The summed E-state index contributed by atoms with van der Waals surface area (Å²) >= 11 is 3.50. The third kappa shape index (κ3) is 2.95. The number of hydrogen-bond acceptors (Lipinski definition) is 2. The number of benzene rings is 1. The van der Waals surface area contributed by atoms with E-state index in [4.69, 9.17) is 10.5 Å². The fourth-order valence-corrected chi connectivity index (χ4v) is 3.55. The molecule has 0 saturated carbocycles. The van der Waals surface area contributed by atoms with Crippen molar-refractivity contribution in [3.8, 4) is 0 Å². The predicted octanol–water partition coefficient (Wildman–Crippen LogP) is 3.38. The van der Waals surface area contributed by atoms with Gasteiger partial charge in [-0.2, -0.15) is 0 Å². The molecule has 1 aliphatic heterocycles. The van der Waals surface area contributed by atoms with Crippen LogP contribution in [0.2, 0.25) is 0 Å². The Labute approximate surface area is 118 Å². The van der Waals surface area contributed by atoms with E-state index in [0.29, 0.717) is 17.9 Å². The SMILES string of the molecule is CC1OC(C)C(C(N)Cc2cccc(Br)c2)C1C. The second-order valence-electron chi connectivity index (χ2n) is 5.48. The summed E-state index contributed by atoms with van der Waals surface area (Å²) in [5, 5.41) is 0. The van der Waals surface area contributed by atoms with Crippen LogP contribution in [0.1, 0.15) is 26.3 Å². The summed E-state index contributed by atoms with van der Waals surface area (Å²) < 4.78 is 6.99. The topological polar surface area (TPSA) is 35.2 Å². The van der Waals surface area contributed by atoms with Crippen molar-refractivity contribution in [2.45, 2.75) is 45.4 Å². The fraction of sp³-hybridized carbons (Fsp3) is 0.600. The number of halogens is 1. The molecule has 2 N–H and O–H groups in total. The lowest BCUT2D eigenvalue weighted by Crippen LogP contribution is -2.39. The van der Waals surface area contributed by atoms with E-state index in [2.05, 4.69) is 54.9 Å². The van der Waals surface area contributed by atoms with Crippen molar-refractivity contribution < 1.29 is 4.74 Å². The molecule has 18 heavy (non-hydrogen) atoms. The third-order valence-corrected chi connectivity index (χ3v) is 4.67. The Kier molecular flexibility index (Phi) is 4.46. The van der Waals surface area contributed by atoms with Gasteiger partial charge in [0.05, 0.1) is 12.2 Å². The zero-order valence-corrected chi connectivity index (χ0v) is 12.9. The number of hydrogen-bond donors (Lipinski definition) is 1. The van der Waals surface area contributed by atoms with E-state index in [0.717, 1.165) is 10.9 Å². The number of ether oxygens (including phenoxy) is 1. The molecule has 0 spiro atoms. The molecule has 0 aliphatic carbocycles. The largest absolute Gasteiger partial charge is 0.375 e. The molecule has 1 aliphatic rings. The van der Waals surface area contributed by atoms with Gasteiger partial charge < -0.3 is 10.5 Å². The van der Waals surface area contributed by atoms with Gasteiger partial charge in [-0.25, -0.2) is 0 Å².